The van der Waals surface area contributed by atoms with Crippen LogP contribution in [0.15, 0.2) is 36.5 Å². The first-order chi connectivity index (χ1) is 9.27. The second-order valence-corrected chi connectivity index (χ2v) is 3.67. The van der Waals surface area contributed by atoms with E-state index in [1.165, 1.54) is 19.8 Å². The third-order valence-corrected chi connectivity index (χ3v) is 1.94. The van der Waals surface area contributed by atoms with Gasteiger partial charge in [-0.25, -0.2) is 0 Å². The summed E-state index contributed by atoms with van der Waals surface area (Å²) < 4.78 is 4.69. The molecule has 0 atom stereocenters. The summed E-state index contributed by atoms with van der Waals surface area (Å²) in [7, 11) is 0. The van der Waals surface area contributed by atoms with Crippen molar-refractivity contribution in [2.24, 2.45) is 0 Å². The van der Waals surface area contributed by atoms with E-state index in [9.17, 15) is 4.79 Å². The lowest BCUT2D eigenvalue weighted by molar-refractivity contribution is -0.139. The van der Waals surface area contributed by atoms with Crippen molar-refractivity contribution in [1.29, 1.82) is 0 Å². The van der Waals surface area contributed by atoms with Crippen molar-refractivity contribution in [3.8, 4) is 23.7 Å². The molecular weight excluding hydrogens is 236 g/mol. The molecule has 0 aliphatic heterocycles. The fourth-order valence-electron chi connectivity index (χ4n) is 1.03. The number of hydrogen-bond donors (Lipinski definition) is 0. The van der Waals surface area contributed by atoms with E-state index in [0.717, 1.165) is 6.42 Å². The number of esters is 1. The van der Waals surface area contributed by atoms with Crippen molar-refractivity contribution < 1.29 is 9.53 Å². The molecule has 0 radical (unpaired) electrons. The van der Waals surface area contributed by atoms with E-state index in [1.54, 1.807) is 18.2 Å². The average Bonchev–Trinajstić information content (AvgIpc) is 2.39. The zero-order valence-corrected chi connectivity index (χ0v) is 11.6. The van der Waals surface area contributed by atoms with E-state index in [-0.39, 0.29) is 12.6 Å². The first kappa shape index (κ1) is 16.8. The molecule has 0 rings (SSSR count). The van der Waals surface area contributed by atoms with Crippen LogP contribution in [0.3, 0.4) is 0 Å². The van der Waals surface area contributed by atoms with Crippen molar-refractivity contribution in [1.82, 2.24) is 0 Å². The van der Waals surface area contributed by atoms with Crippen LogP contribution in [0.25, 0.3) is 0 Å². The van der Waals surface area contributed by atoms with Crippen LogP contribution in [0.4, 0.5) is 0 Å². The lowest BCUT2D eigenvalue weighted by Crippen LogP contribution is -1.96. The van der Waals surface area contributed by atoms with E-state index in [4.69, 9.17) is 4.74 Å². The Hall–Kier alpha value is -2.19. The van der Waals surface area contributed by atoms with Crippen LogP contribution in [-0.2, 0) is 9.53 Å². The average molecular weight is 256 g/mol. The molecule has 2 heteroatoms. The minimum atomic E-state index is -0.297. The van der Waals surface area contributed by atoms with Gasteiger partial charge in [-0.05, 0) is 36.5 Å². The molecule has 0 aromatic rings. The largest absolute Gasteiger partial charge is 0.462 e. The van der Waals surface area contributed by atoms with Gasteiger partial charge in [0.1, 0.15) is 6.61 Å². The van der Waals surface area contributed by atoms with Gasteiger partial charge in [0.2, 0.25) is 0 Å². The Morgan fingerprint density at radius 3 is 2.53 bits per heavy atom. The van der Waals surface area contributed by atoms with Gasteiger partial charge in [-0.3, -0.25) is 4.79 Å². The Bertz CT molecular complexity index is 445. The molecule has 0 heterocycles. The Morgan fingerprint density at radius 1 is 1.11 bits per heavy atom. The predicted octanol–water partition coefficient (Wildman–Crippen LogP) is 3.42. The SMILES string of the molecule is CCCCC=CC=CC#CC#CC=CCOC(C)=O. The highest BCUT2D eigenvalue weighted by molar-refractivity contribution is 5.66. The molecular formula is C17H20O2. The second kappa shape index (κ2) is 13.9. The van der Waals surface area contributed by atoms with E-state index < -0.39 is 0 Å². The summed E-state index contributed by atoms with van der Waals surface area (Å²) in [5.41, 5.74) is 0. The van der Waals surface area contributed by atoms with E-state index >= 15 is 0 Å². The number of allylic oxidation sites excluding steroid dienone is 5. The Labute approximate surface area is 116 Å². The maximum atomic E-state index is 10.4. The number of ether oxygens (including phenoxy) is 1. The molecule has 0 fully saturated rings. The molecule has 0 spiro atoms. The zero-order valence-electron chi connectivity index (χ0n) is 11.6. The summed E-state index contributed by atoms with van der Waals surface area (Å²) in [6.07, 6.45) is 14.6. The molecule has 100 valence electrons. The van der Waals surface area contributed by atoms with Crippen LogP contribution in [0.5, 0.6) is 0 Å². The first-order valence-electron chi connectivity index (χ1n) is 6.38. The topological polar surface area (TPSA) is 26.3 Å². The van der Waals surface area contributed by atoms with Gasteiger partial charge in [0, 0.05) is 6.92 Å². The Morgan fingerprint density at radius 2 is 1.84 bits per heavy atom. The monoisotopic (exact) mass is 256 g/mol. The van der Waals surface area contributed by atoms with Crippen LogP contribution in [0, 0.1) is 23.7 Å². The van der Waals surface area contributed by atoms with Crippen LogP contribution >= 0.6 is 0 Å². The number of hydrogen-bond acceptors (Lipinski definition) is 2. The van der Waals surface area contributed by atoms with E-state index in [0.29, 0.717) is 0 Å². The molecule has 0 aliphatic carbocycles. The third-order valence-electron chi connectivity index (χ3n) is 1.94. The predicted molar refractivity (Wildman–Crippen MR) is 79.1 cm³/mol. The van der Waals surface area contributed by atoms with E-state index in [1.807, 2.05) is 12.2 Å². The van der Waals surface area contributed by atoms with Crippen LogP contribution in [-0.4, -0.2) is 12.6 Å². The number of carbonyl (C=O) groups is 1. The molecule has 19 heavy (non-hydrogen) atoms. The molecule has 2 nitrogen and oxygen atoms in total. The van der Waals surface area contributed by atoms with Crippen LogP contribution < -0.4 is 0 Å². The van der Waals surface area contributed by atoms with Gasteiger partial charge in [0.25, 0.3) is 0 Å². The molecule has 0 aromatic heterocycles. The fourth-order valence-corrected chi connectivity index (χ4v) is 1.03. The summed E-state index contributed by atoms with van der Waals surface area (Å²) >= 11 is 0. The fraction of sp³-hybridized carbons (Fsp3) is 0.353. The van der Waals surface area contributed by atoms with Crippen molar-refractivity contribution in [2.45, 2.75) is 33.1 Å². The van der Waals surface area contributed by atoms with Crippen molar-refractivity contribution >= 4 is 5.97 Å². The highest BCUT2D eigenvalue weighted by Crippen LogP contribution is 1.94. The molecule has 0 saturated heterocycles. The quantitative estimate of drug-likeness (QED) is 0.315. The number of rotatable bonds is 6. The van der Waals surface area contributed by atoms with Crippen molar-refractivity contribution in [3.63, 3.8) is 0 Å². The molecule has 0 unspecified atom stereocenters. The minimum absolute atomic E-state index is 0.250. The number of unbranched alkanes of at least 4 members (excludes halogenated alkanes) is 2. The summed E-state index contributed by atoms with van der Waals surface area (Å²) in [6, 6.07) is 0. The molecule has 0 saturated carbocycles. The van der Waals surface area contributed by atoms with E-state index in [2.05, 4.69) is 36.7 Å². The first-order valence-corrected chi connectivity index (χ1v) is 6.38. The van der Waals surface area contributed by atoms with Gasteiger partial charge in [0.15, 0.2) is 0 Å². The third kappa shape index (κ3) is 15.8. The van der Waals surface area contributed by atoms with Gasteiger partial charge < -0.3 is 4.74 Å². The lowest BCUT2D eigenvalue weighted by Gasteiger charge is -1.91. The molecule has 0 amide bonds. The zero-order chi connectivity index (χ0) is 14.2. The summed E-state index contributed by atoms with van der Waals surface area (Å²) in [4.78, 5) is 10.4. The molecule has 0 N–H and O–H groups in total. The Kier molecular flexibility index (Phi) is 12.3. The molecule has 0 aliphatic rings. The van der Waals surface area contributed by atoms with Crippen LogP contribution in [0.2, 0.25) is 0 Å². The normalized spacial score (nSPS) is 10.2. The highest BCUT2D eigenvalue weighted by atomic mass is 16.5. The van der Waals surface area contributed by atoms with Crippen molar-refractivity contribution in [3.05, 3.63) is 36.5 Å². The van der Waals surface area contributed by atoms with Crippen LogP contribution in [0.1, 0.15) is 33.1 Å². The van der Waals surface area contributed by atoms with Gasteiger partial charge in [0.05, 0.1) is 0 Å². The lowest BCUT2D eigenvalue weighted by atomic mass is 10.2. The standard InChI is InChI=1S/C17H20O2/c1-3-4-5-6-7-8-9-10-11-12-13-14-15-16-19-17(2)18/h6-9,14-15H,3-5,16H2,1-2H3. The number of carbonyl (C=O) groups excluding carboxylic acids is 1. The highest BCUT2D eigenvalue weighted by Gasteiger charge is 1.84. The minimum Gasteiger partial charge on any atom is -0.462 e. The molecule has 0 aromatic carbocycles. The maximum absolute atomic E-state index is 10.4. The maximum Gasteiger partial charge on any atom is 0.302 e. The van der Waals surface area contributed by atoms with Gasteiger partial charge in [-0.2, -0.15) is 0 Å². The van der Waals surface area contributed by atoms with Gasteiger partial charge in [-0.1, -0.05) is 49.8 Å². The molecule has 0 bridgehead atoms. The second-order valence-electron chi connectivity index (χ2n) is 3.67. The summed E-state index contributed by atoms with van der Waals surface area (Å²) in [5.74, 6) is 10.6. The van der Waals surface area contributed by atoms with Crippen molar-refractivity contribution in [2.75, 3.05) is 6.61 Å². The summed E-state index contributed by atoms with van der Waals surface area (Å²) in [5, 5.41) is 0. The Balaban J connectivity index is 3.77. The van der Waals surface area contributed by atoms with Gasteiger partial charge >= 0.3 is 5.97 Å². The van der Waals surface area contributed by atoms with Gasteiger partial charge in [-0.15, -0.1) is 0 Å². The summed E-state index contributed by atoms with van der Waals surface area (Å²) in [6.45, 7) is 3.79. The smallest absolute Gasteiger partial charge is 0.302 e.